The fraction of sp³-hybridized carbons (Fsp3) is 0.250. The van der Waals surface area contributed by atoms with Gasteiger partial charge in [0.15, 0.2) is 0 Å². The van der Waals surface area contributed by atoms with Crippen LogP contribution in [-0.4, -0.2) is 32.0 Å². The van der Waals surface area contributed by atoms with Gasteiger partial charge >= 0.3 is 0 Å². The number of aliphatic hydroxyl groups excluding tert-OH is 3. The van der Waals surface area contributed by atoms with Crippen molar-refractivity contribution in [1.29, 1.82) is 0 Å². The van der Waals surface area contributed by atoms with Crippen LogP contribution in [-0.2, 0) is 0 Å². The topological polar surface area (TPSA) is 124 Å². The average Bonchev–Trinajstić information content (AvgIpc) is 2.66. The van der Waals surface area contributed by atoms with Gasteiger partial charge in [0.25, 0.3) is 5.69 Å². The Morgan fingerprint density at radius 3 is 2.43 bits per heavy atom. The highest BCUT2D eigenvalue weighted by Gasteiger charge is 2.13. The fourth-order valence-electron chi connectivity index (χ4n) is 2.57. The lowest BCUT2D eigenvalue weighted by Crippen LogP contribution is -2.02. The number of halogens is 1. The SMILES string of the molecule is O=[N+]([O-])c1ccc([C@H](O)CC(=C=CC[C@@H](O)c2ccc(O)cc2Cl)CO)cc1. The first-order chi connectivity index (χ1) is 13.3. The Bertz CT molecular complexity index is 890. The van der Waals surface area contributed by atoms with E-state index in [0.29, 0.717) is 16.7 Å². The molecule has 4 N–H and O–H groups in total. The summed E-state index contributed by atoms with van der Waals surface area (Å²) in [7, 11) is 0. The van der Waals surface area contributed by atoms with Crippen molar-refractivity contribution in [1.82, 2.24) is 0 Å². The number of aromatic hydroxyl groups is 1. The third-order valence-electron chi connectivity index (χ3n) is 4.11. The van der Waals surface area contributed by atoms with Gasteiger partial charge in [-0.15, -0.1) is 5.73 Å². The second kappa shape index (κ2) is 10.0. The molecule has 28 heavy (non-hydrogen) atoms. The third kappa shape index (κ3) is 5.92. The summed E-state index contributed by atoms with van der Waals surface area (Å²) in [6.07, 6.45) is -0.0924. The summed E-state index contributed by atoms with van der Waals surface area (Å²) in [5.41, 5.74) is 4.12. The van der Waals surface area contributed by atoms with E-state index >= 15 is 0 Å². The molecule has 0 aliphatic rings. The van der Waals surface area contributed by atoms with Crippen LogP contribution in [0.25, 0.3) is 0 Å². The minimum Gasteiger partial charge on any atom is -0.508 e. The number of nitro benzene ring substituents is 1. The lowest BCUT2D eigenvalue weighted by molar-refractivity contribution is -0.384. The van der Waals surface area contributed by atoms with E-state index in [1.807, 2.05) is 0 Å². The van der Waals surface area contributed by atoms with Gasteiger partial charge in [-0.3, -0.25) is 10.1 Å². The van der Waals surface area contributed by atoms with E-state index in [-0.39, 0.29) is 35.9 Å². The van der Waals surface area contributed by atoms with Crippen LogP contribution in [0.15, 0.2) is 59.8 Å². The number of benzene rings is 2. The van der Waals surface area contributed by atoms with Gasteiger partial charge in [0.05, 0.1) is 28.8 Å². The number of phenolic OH excluding ortho intramolecular Hbond substituents is 1. The molecule has 2 aromatic carbocycles. The maximum atomic E-state index is 10.7. The van der Waals surface area contributed by atoms with Gasteiger partial charge in [-0.05, 0) is 47.0 Å². The first-order valence-corrected chi connectivity index (χ1v) is 8.82. The van der Waals surface area contributed by atoms with E-state index in [0.717, 1.165) is 0 Å². The lowest BCUT2D eigenvalue weighted by Gasteiger charge is -2.12. The molecule has 0 unspecified atom stereocenters. The number of hydrogen-bond donors (Lipinski definition) is 4. The molecule has 0 aromatic heterocycles. The zero-order valence-corrected chi connectivity index (χ0v) is 15.6. The summed E-state index contributed by atoms with van der Waals surface area (Å²) in [5.74, 6) is -0.000753. The van der Waals surface area contributed by atoms with Gasteiger partial charge in [-0.1, -0.05) is 17.7 Å². The smallest absolute Gasteiger partial charge is 0.269 e. The van der Waals surface area contributed by atoms with E-state index < -0.39 is 17.1 Å². The van der Waals surface area contributed by atoms with E-state index in [4.69, 9.17) is 11.6 Å². The summed E-state index contributed by atoms with van der Waals surface area (Å²) in [6.45, 7) is -0.337. The highest BCUT2D eigenvalue weighted by Crippen LogP contribution is 2.29. The van der Waals surface area contributed by atoms with Crippen LogP contribution in [0, 0.1) is 10.1 Å². The molecule has 0 bridgehead atoms. The number of nitro groups is 1. The van der Waals surface area contributed by atoms with Crippen molar-refractivity contribution < 1.29 is 25.3 Å². The van der Waals surface area contributed by atoms with E-state index in [9.17, 15) is 30.5 Å². The Labute approximate surface area is 166 Å². The van der Waals surface area contributed by atoms with Gasteiger partial charge in [0.2, 0.25) is 0 Å². The van der Waals surface area contributed by atoms with Crippen LogP contribution in [0.5, 0.6) is 5.75 Å². The highest BCUT2D eigenvalue weighted by atomic mass is 35.5. The molecule has 0 amide bonds. The molecule has 2 rings (SSSR count). The van der Waals surface area contributed by atoms with Crippen molar-refractivity contribution >= 4 is 17.3 Å². The number of rotatable bonds is 8. The Morgan fingerprint density at radius 1 is 1.18 bits per heavy atom. The maximum absolute atomic E-state index is 10.7. The number of nitrogens with zero attached hydrogens (tertiary/aromatic N) is 1. The quantitative estimate of drug-likeness (QED) is 0.302. The van der Waals surface area contributed by atoms with E-state index in [1.54, 1.807) is 0 Å². The molecule has 0 spiro atoms. The van der Waals surface area contributed by atoms with E-state index in [1.165, 1.54) is 48.5 Å². The predicted molar refractivity (Wildman–Crippen MR) is 104 cm³/mol. The van der Waals surface area contributed by atoms with Crippen molar-refractivity contribution in [2.24, 2.45) is 0 Å². The monoisotopic (exact) mass is 405 g/mol. The Balaban J connectivity index is 2.04. The molecule has 0 heterocycles. The molecule has 0 saturated carbocycles. The molecular weight excluding hydrogens is 386 g/mol. The first kappa shape index (κ1) is 21.6. The minimum absolute atomic E-state index is 0.000753. The van der Waals surface area contributed by atoms with Crippen molar-refractivity contribution in [2.45, 2.75) is 25.0 Å². The zero-order valence-electron chi connectivity index (χ0n) is 14.8. The molecule has 8 heteroatoms. The van der Waals surface area contributed by atoms with Gasteiger partial charge < -0.3 is 20.4 Å². The summed E-state index contributed by atoms with van der Waals surface area (Å²) in [6, 6.07) is 9.79. The summed E-state index contributed by atoms with van der Waals surface area (Å²) in [4.78, 5) is 10.1. The van der Waals surface area contributed by atoms with Gasteiger partial charge in [0, 0.05) is 25.0 Å². The molecule has 7 nitrogen and oxygen atoms in total. The normalized spacial score (nSPS) is 12.7. The summed E-state index contributed by atoms with van der Waals surface area (Å²) >= 11 is 5.99. The minimum atomic E-state index is -0.958. The van der Waals surface area contributed by atoms with Crippen molar-refractivity contribution in [3.63, 3.8) is 0 Å². The molecule has 0 fully saturated rings. The molecule has 0 radical (unpaired) electrons. The molecule has 0 aliphatic heterocycles. The van der Waals surface area contributed by atoms with Gasteiger partial charge in [0.1, 0.15) is 5.75 Å². The standard InChI is InChI=1S/C20H20ClNO6/c21-18-11-16(24)8-9-17(18)19(25)3-1-2-13(12-23)10-20(26)14-4-6-15(7-5-14)22(27)28/h1,4-9,11,19-20,23-26H,3,10,12H2/t2?,19-,20-/m1/s1. The highest BCUT2D eigenvalue weighted by molar-refractivity contribution is 6.31. The number of non-ortho nitro benzene ring substituents is 1. The van der Waals surface area contributed by atoms with Crippen molar-refractivity contribution in [2.75, 3.05) is 6.61 Å². The summed E-state index contributed by atoms with van der Waals surface area (Å²) < 4.78 is 0. The third-order valence-corrected chi connectivity index (χ3v) is 4.44. The largest absolute Gasteiger partial charge is 0.508 e. The van der Waals surface area contributed by atoms with Crippen molar-refractivity contribution in [3.05, 3.63) is 86.1 Å². The summed E-state index contributed by atoms with van der Waals surface area (Å²) in [5, 5.41) is 50.2. The molecule has 148 valence electrons. The molecular formula is C20H20ClNO6. The maximum Gasteiger partial charge on any atom is 0.269 e. The molecule has 0 saturated heterocycles. The van der Waals surface area contributed by atoms with Crippen molar-refractivity contribution in [3.8, 4) is 5.75 Å². The van der Waals surface area contributed by atoms with E-state index in [2.05, 4.69) is 5.73 Å². The van der Waals surface area contributed by atoms with Crippen LogP contribution in [0.4, 0.5) is 5.69 Å². The number of phenols is 1. The second-order valence-corrected chi connectivity index (χ2v) is 6.54. The second-order valence-electron chi connectivity index (χ2n) is 6.14. The van der Waals surface area contributed by atoms with Gasteiger partial charge in [-0.25, -0.2) is 0 Å². The Morgan fingerprint density at radius 2 is 1.86 bits per heavy atom. The van der Waals surface area contributed by atoms with Crippen LogP contribution in [0.3, 0.4) is 0 Å². The fourth-order valence-corrected chi connectivity index (χ4v) is 2.87. The van der Waals surface area contributed by atoms with Crippen LogP contribution in [0.2, 0.25) is 5.02 Å². The van der Waals surface area contributed by atoms with Crippen LogP contribution in [0.1, 0.15) is 36.2 Å². The number of hydrogen-bond acceptors (Lipinski definition) is 6. The van der Waals surface area contributed by atoms with Crippen LogP contribution < -0.4 is 0 Å². The number of aliphatic hydroxyl groups is 3. The zero-order chi connectivity index (χ0) is 20.7. The first-order valence-electron chi connectivity index (χ1n) is 8.44. The Kier molecular flexibility index (Phi) is 7.75. The Hall–Kier alpha value is -2.67. The van der Waals surface area contributed by atoms with Crippen LogP contribution >= 0.6 is 11.6 Å². The molecule has 2 atom stereocenters. The van der Waals surface area contributed by atoms with Gasteiger partial charge in [-0.2, -0.15) is 0 Å². The lowest BCUT2D eigenvalue weighted by atomic mass is 10.0. The predicted octanol–water partition coefficient (Wildman–Crippen LogP) is 3.57. The molecule has 2 aromatic rings. The molecule has 0 aliphatic carbocycles. The average molecular weight is 406 g/mol.